The van der Waals surface area contributed by atoms with Gasteiger partial charge in [0.25, 0.3) is 5.91 Å². The number of nitrogens with one attached hydrogen (secondary N) is 1. The lowest BCUT2D eigenvalue weighted by Gasteiger charge is -2.47. The van der Waals surface area contributed by atoms with Gasteiger partial charge in [0, 0.05) is 25.2 Å². The van der Waals surface area contributed by atoms with E-state index >= 15 is 0 Å². The lowest BCUT2D eigenvalue weighted by atomic mass is 9.89. The third-order valence-corrected chi connectivity index (χ3v) is 5.83. The molecular weight excluding hydrogens is 356 g/mol. The Morgan fingerprint density at radius 1 is 1.29 bits per heavy atom. The number of benzene rings is 1. The van der Waals surface area contributed by atoms with Crippen LogP contribution in [0.5, 0.6) is 5.75 Å². The zero-order chi connectivity index (χ0) is 19.6. The number of hydrogen-bond donors (Lipinski definition) is 2. The summed E-state index contributed by atoms with van der Waals surface area (Å²) < 4.78 is 6.16. The van der Waals surface area contributed by atoms with E-state index in [0.29, 0.717) is 36.6 Å². The van der Waals surface area contributed by atoms with Gasteiger partial charge in [-0.05, 0) is 44.0 Å². The molecule has 0 aliphatic carbocycles. The van der Waals surface area contributed by atoms with Crippen molar-refractivity contribution in [2.24, 2.45) is 0 Å². The number of rotatable bonds is 4. The molecule has 2 N–H and O–H groups in total. The smallest absolute Gasteiger partial charge is 0.272 e. The quantitative estimate of drug-likeness (QED) is 0.846. The first-order valence-corrected chi connectivity index (χ1v) is 10.1. The molecule has 0 saturated carbocycles. The second-order valence-electron chi connectivity index (χ2n) is 7.78. The number of carbonyl (C=O) groups is 1. The number of piperidine rings is 1. The SMILES string of the molecule is CCCN1CCC2(CC1)CN(C(=O)c1cc(-c3ccccc3O)n[nH]1)CCO2. The van der Waals surface area contributed by atoms with Gasteiger partial charge in [-0.1, -0.05) is 19.1 Å². The number of amides is 1. The Morgan fingerprint density at radius 2 is 2.07 bits per heavy atom. The van der Waals surface area contributed by atoms with E-state index in [9.17, 15) is 9.90 Å². The van der Waals surface area contributed by atoms with Crippen LogP contribution in [-0.4, -0.2) is 75.9 Å². The average Bonchev–Trinajstić information content (AvgIpc) is 3.20. The number of para-hydroxylation sites is 1. The van der Waals surface area contributed by atoms with Gasteiger partial charge in [-0.3, -0.25) is 9.89 Å². The molecule has 0 atom stereocenters. The van der Waals surface area contributed by atoms with E-state index in [4.69, 9.17) is 4.74 Å². The maximum atomic E-state index is 13.0. The molecule has 1 aromatic carbocycles. The third-order valence-electron chi connectivity index (χ3n) is 5.83. The van der Waals surface area contributed by atoms with Crippen LogP contribution in [0.2, 0.25) is 0 Å². The highest BCUT2D eigenvalue weighted by atomic mass is 16.5. The van der Waals surface area contributed by atoms with Gasteiger partial charge in [-0.15, -0.1) is 0 Å². The molecule has 7 nitrogen and oxygen atoms in total. The van der Waals surface area contributed by atoms with Crippen LogP contribution < -0.4 is 0 Å². The van der Waals surface area contributed by atoms with Gasteiger partial charge in [-0.2, -0.15) is 5.10 Å². The molecule has 1 amide bonds. The Balaban J connectivity index is 1.45. The maximum Gasteiger partial charge on any atom is 0.272 e. The number of aromatic amines is 1. The topological polar surface area (TPSA) is 81.7 Å². The number of carbonyl (C=O) groups excluding carboxylic acids is 1. The zero-order valence-corrected chi connectivity index (χ0v) is 16.4. The number of aromatic hydroxyl groups is 1. The Morgan fingerprint density at radius 3 is 2.82 bits per heavy atom. The highest BCUT2D eigenvalue weighted by Crippen LogP contribution is 2.31. The van der Waals surface area contributed by atoms with Gasteiger partial charge in [-0.25, -0.2) is 0 Å². The molecule has 7 heteroatoms. The molecule has 2 saturated heterocycles. The van der Waals surface area contributed by atoms with Gasteiger partial charge in [0.05, 0.1) is 24.4 Å². The van der Waals surface area contributed by atoms with Crippen LogP contribution in [0.25, 0.3) is 11.3 Å². The molecule has 2 fully saturated rings. The van der Waals surface area contributed by atoms with Crippen molar-refractivity contribution in [3.05, 3.63) is 36.0 Å². The summed E-state index contributed by atoms with van der Waals surface area (Å²) in [6, 6.07) is 8.71. The van der Waals surface area contributed by atoms with Crippen LogP contribution in [0.4, 0.5) is 0 Å². The molecule has 28 heavy (non-hydrogen) atoms. The van der Waals surface area contributed by atoms with Crippen molar-refractivity contribution in [2.45, 2.75) is 31.8 Å². The Labute approximate surface area is 165 Å². The minimum absolute atomic E-state index is 0.0622. The van der Waals surface area contributed by atoms with Gasteiger partial charge in [0.1, 0.15) is 11.4 Å². The first kappa shape index (κ1) is 19.0. The van der Waals surface area contributed by atoms with Gasteiger partial charge >= 0.3 is 0 Å². The molecule has 2 aliphatic heterocycles. The standard InChI is InChI=1S/C21H28N4O3/c1-2-9-24-10-7-21(8-11-24)15-25(12-13-28-21)20(27)18-14-17(22-23-18)16-5-3-4-6-19(16)26/h3-6,14,26H,2,7-13,15H2,1H3,(H,22,23). The fraction of sp³-hybridized carbons (Fsp3) is 0.524. The molecule has 2 aromatic rings. The predicted octanol–water partition coefficient (Wildman–Crippen LogP) is 2.50. The Kier molecular flexibility index (Phi) is 5.37. The summed E-state index contributed by atoms with van der Waals surface area (Å²) in [4.78, 5) is 17.4. The normalized spacial score (nSPS) is 19.8. The molecule has 0 radical (unpaired) electrons. The molecule has 150 valence electrons. The van der Waals surface area contributed by atoms with E-state index in [1.807, 2.05) is 11.0 Å². The van der Waals surface area contributed by atoms with E-state index in [-0.39, 0.29) is 17.3 Å². The number of morpholine rings is 1. The number of phenols is 1. The largest absolute Gasteiger partial charge is 0.507 e. The first-order valence-electron chi connectivity index (χ1n) is 10.1. The number of aromatic nitrogens is 2. The second kappa shape index (κ2) is 7.93. The molecule has 1 spiro atoms. The fourth-order valence-electron chi connectivity index (χ4n) is 4.25. The number of H-pyrrole nitrogens is 1. The average molecular weight is 384 g/mol. The van der Waals surface area contributed by atoms with E-state index < -0.39 is 0 Å². The number of likely N-dealkylation sites (tertiary alicyclic amines) is 1. The van der Waals surface area contributed by atoms with Gasteiger partial charge < -0.3 is 19.6 Å². The Bertz CT molecular complexity index is 827. The minimum atomic E-state index is -0.224. The van der Waals surface area contributed by atoms with Crippen molar-refractivity contribution in [1.82, 2.24) is 20.0 Å². The van der Waals surface area contributed by atoms with Crippen LogP contribution in [0.1, 0.15) is 36.7 Å². The zero-order valence-electron chi connectivity index (χ0n) is 16.4. The lowest BCUT2D eigenvalue weighted by Crippen LogP contribution is -2.58. The van der Waals surface area contributed by atoms with Crippen molar-refractivity contribution >= 4 is 5.91 Å². The van der Waals surface area contributed by atoms with Crippen LogP contribution in [0.3, 0.4) is 0 Å². The molecule has 2 aliphatic rings. The van der Waals surface area contributed by atoms with Gasteiger partial charge in [0.15, 0.2) is 0 Å². The number of hydrogen-bond acceptors (Lipinski definition) is 5. The summed E-state index contributed by atoms with van der Waals surface area (Å²) in [7, 11) is 0. The molecule has 1 aromatic heterocycles. The van der Waals surface area contributed by atoms with E-state index in [0.717, 1.165) is 38.9 Å². The molecule has 3 heterocycles. The Hall–Kier alpha value is -2.38. The van der Waals surface area contributed by atoms with E-state index in [1.54, 1.807) is 24.3 Å². The molecular formula is C21H28N4O3. The summed E-state index contributed by atoms with van der Waals surface area (Å²) in [5, 5.41) is 17.1. The summed E-state index contributed by atoms with van der Waals surface area (Å²) in [5.74, 6) is 0.0880. The highest BCUT2D eigenvalue weighted by Gasteiger charge is 2.41. The summed E-state index contributed by atoms with van der Waals surface area (Å²) in [6.07, 6.45) is 3.09. The van der Waals surface area contributed by atoms with Crippen LogP contribution in [0, 0.1) is 0 Å². The van der Waals surface area contributed by atoms with Crippen molar-refractivity contribution in [1.29, 1.82) is 0 Å². The van der Waals surface area contributed by atoms with Crippen LogP contribution in [0.15, 0.2) is 30.3 Å². The summed E-state index contributed by atoms with van der Waals surface area (Å²) in [5.41, 5.74) is 1.40. The van der Waals surface area contributed by atoms with Crippen molar-refractivity contribution < 1.29 is 14.6 Å². The van der Waals surface area contributed by atoms with Crippen molar-refractivity contribution in [3.8, 4) is 17.0 Å². The monoisotopic (exact) mass is 384 g/mol. The van der Waals surface area contributed by atoms with E-state index in [1.165, 1.54) is 0 Å². The fourth-order valence-corrected chi connectivity index (χ4v) is 4.25. The van der Waals surface area contributed by atoms with Crippen LogP contribution in [-0.2, 0) is 4.74 Å². The number of phenolic OH excluding ortho intramolecular Hbond substituents is 1. The maximum absolute atomic E-state index is 13.0. The van der Waals surface area contributed by atoms with E-state index in [2.05, 4.69) is 22.0 Å². The number of nitrogens with zero attached hydrogens (tertiary/aromatic N) is 3. The summed E-state index contributed by atoms with van der Waals surface area (Å²) >= 11 is 0. The summed E-state index contributed by atoms with van der Waals surface area (Å²) in [6.45, 7) is 7.16. The van der Waals surface area contributed by atoms with Crippen molar-refractivity contribution in [2.75, 3.05) is 39.3 Å². The first-order chi connectivity index (χ1) is 13.6. The molecule has 0 bridgehead atoms. The van der Waals surface area contributed by atoms with Crippen LogP contribution >= 0.6 is 0 Å². The van der Waals surface area contributed by atoms with Crippen molar-refractivity contribution in [3.63, 3.8) is 0 Å². The second-order valence-corrected chi connectivity index (χ2v) is 7.78. The predicted molar refractivity (Wildman–Crippen MR) is 106 cm³/mol. The number of ether oxygens (including phenoxy) is 1. The third kappa shape index (κ3) is 3.77. The minimum Gasteiger partial charge on any atom is -0.507 e. The van der Waals surface area contributed by atoms with Gasteiger partial charge in [0.2, 0.25) is 0 Å². The molecule has 4 rings (SSSR count). The highest BCUT2D eigenvalue weighted by molar-refractivity contribution is 5.93. The molecule has 0 unspecified atom stereocenters. The lowest BCUT2D eigenvalue weighted by molar-refractivity contribution is -0.127.